The molecular formula is CH3FeNO2. The molecule has 0 saturated heterocycles. The molecule has 0 aliphatic heterocycles. The second kappa shape index (κ2) is 42.7. The van der Waals surface area contributed by atoms with E-state index in [1.165, 1.54) is 0 Å². The summed E-state index contributed by atoms with van der Waals surface area (Å²) in [6.07, 6.45) is 0.250. The molecule has 0 amide bonds. The van der Waals surface area contributed by atoms with Gasteiger partial charge in [-0.1, -0.05) is 0 Å². The zero-order chi connectivity index (χ0) is 2.71. The first kappa shape index (κ1) is 20.9. The SMILES string of the molecule is N.O=C=O.[Fe]. The molecular weight excluding hydrogens is 114 g/mol. The van der Waals surface area contributed by atoms with Gasteiger partial charge < -0.3 is 6.15 Å². The van der Waals surface area contributed by atoms with Gasteiger partial charge in [0.05, 0.1) is 0 Å². The van der Waals surface area contributed by atoms with Crippen molar-refractivity contribution in [3.8, 4) is 0 Å². The largest absolute Gasteiger partial charge is 0.373 e. The van der Waals surface area contributed by atoms with E-state index in [0.717, 1.165) is 0 Å². The zero-order valence-corrected chi connectivity index (χ0v) is 3.48. The first-order valence-electron chi connectivity index (χ1n) is 0.408. The third kappa shape index (κ3) is 676. The molecule has 3 N–H and O–H groups in total. The molecule has 32 valence electrons. The van der Waals surface area contributed by atoms with Gasteiger partial charge in [-0.25, -0.2) is 0 Å². The maximum absolute atomic E-state index is 8.12. The van der Waals surface area contributed by atoms with E-state index in [1.54, 1.807) is 0 Å². The minimum Gasteiger partial charge on any atom is -0.344 e. The summed E-state index contributed by atoms with van der Waals surface area (Å²) in [5.74, 6) is 0. The molecule has 0 aromatic rings. The Morgan fingerprint density at radius 2 is 1.20 bits per heavy atom. The van der Waals surface area contributed by atoms with Crippen LogP contribution in [0.3, 0.4) is 0 Å². The fourth-order valence-corrected chi connectivity index (χ4v) is 0. The Bertz CT molecular complexity index is 30.6. The molecule has 0 aliphatic rings. The normalized spacial score (nSPS) is 1.60. The first-order valence-corrected chi connectivity index (χ1v) is 0.408. The Balaban J connectivity index is -0.0000000200. The summed E-state index contributed by atoms with van der Waals surface area (Å²) in [6.45, 7) is 0. The molecule has 3 nitrogen and oxygen atoms in total. The van der Waals surface area contributed by atoms with Crippen LogP contribution < -0.4 is 6.15 Å². The van der Waals surface area contributed by atoms with Gasteiger partial charge in [0.1, 0.15) is 0 Å². The summed E-state index contributed by atoms with van der Waals surface area (Å²) < 4.78 is 0. The molecule has 4 heteroatoms. The van der Waals surface area contributed by atoms with Crippen molar-refractivity contribution in [3.05, 3.63) is 0 Å². The van der Waals surface area contributed by atoms with Crippen LogP contribution >= 0.6 is 0 Å². The molecule has 5 heavy (non-hydrogen) atoms. The Hall–Kier alpha value is -0.141. The van der Waals surface area contributed by atoms with Crippen molar-refractivity contribution in [1.82, 2.24) is 6.15 Å². The van der Waals surface area contributed by atoms with Gasteiger partial charge in [0, 0.05) is 17.1 Å². The average molecular weight is 117 g/mol. The van der Waals surface area contributed by atoms with Gasteiger partial charge >= 0.3 is 6.15 Å². The van der Waals surface area contributed by atoms with Gasteiger partial charge in [-0.15, -0.1) is 0 Å². The van der Waals surface area contributed by atoms with Crippen LogP contribution in [0.5, 0.6) is 0 Å². The molecule has 0 bridgehead atoms. The van der Waals surface area contributed by atoms with E-state index in [1.807, 2.05) is 0 Å². The molecule has 0 aromatic heterocycles. The Morgan fingerprint density at radius 1 is 1.20 bits per heavy atom. The van der Waals surface area contributed by atoms with Crippen molar-refractivity contribution in [3.63, 3.8) is 0 Å². The smallest absolute Gasteiger partial charge is 0.344 e. The van der Waals surface area contributed by atoms with Gasteiger partial charge in [0.25, 0.3) is 0 Å². The van der Waals surface area contributed by atoms with Crippen LogP contribution in [0.4, 0.5) is 0 Å². The summed E-state index contributed by atoms with van der Waals surface area (Å²) in [7, 11) is 0. The van der Waals surface area contributed by atoms with Gasteiger partial charge in [-0.2, -0.15) is 9.59 Å². The Kier molecular flexibility index (Phi) is 179. The predicted molar refractivity (Wildman–Crippen MR) is 10.0 cm³/mol. The number of carbonyl (C=O) groups excluding carboxylic acids is 2. The standard InChI is InChI=1S/CO2.Fe.H3N/c2-1-3;;/h;;1H3. The number of hydrogen-bond donors (Lipinski definition) is 1. The third-order valence-electron chi connectivity index (χ3n) is 0. The second-order valence-electron chi connectivity index (χ2n) is 0.0833. The van der Waals surface area contributed by atoms with Gasteiger partial charge in [0.15, 0.2) is 0 Å². The van der Waals surface area contributed by atoms with Crippen molar-refractivity contribution < 1.29 is 26.7 Å². The molecule has 0 spiro atoms. The molecule has 0 rings (SSSR count). The van der Waals surface area contributed by atoms with Gasteiger partial charge in [0.2, 0.25) is 0 Å². The van der Waals surface area contributed by atoms with Crippen LogP contribution in [-0.2, 0) is 26.7 Å². The molecule has 0 aromatic carbocycles. The topological polar surface area (TPSA) is 69.1 Å². The number of rotatable bonds is 0. The van der Waals surface area contributed by atoms with Crippen LogP contribution in [0.2, 0.25) is 0 Å². The molecule has 0 aliphatic carbocycles. The quantitative estimate of drug-likeness (QED) is 0.437. The molecule has 0 heterocycles. The van der Waals surface area contributed by atoms with Crippen molar-refractivity contribution in [1.29, 1.82) is 0 Å². The summed E-state index contributed by atoms with van der Waals surface area (Å²) >= 11 is 0. The molecule has 0 fully saturated rings. The van der Waals surface area contributed by atoms with E-state index < -0.39 is 0 Å². The van der Waals surface area contributed by atoms with Crippen molar-refractivity contribution in [2.45, 2.75) is 0 Å². The Morgan fingerprint density at radius 3 is 1.20 bits per heavy atom. The molecule has 0 radical (unpaired) electrons. The second-order valence-corrected chi connectivity index (χ2v) is 0.0833. The molecule has 0 saturated carbocycles. The summed E-state index contributed by atoms with van der Waals surface area (Å²) in [5.41, 5.74) is 0. The molecule has 0 atom stereocenters. The van der Waals surface area contributed by atoms with E-state index in [4.69, 9.17) is 9.59 Å². The fraction of sp³-hybridized carbons (Fsp3) is 0. The average Bonchev–Trinajstić information content (AvgIpc) is 0.918. The van der Waals surface area contributed by atoms with Crippen LogP contribution in [0.25, 0.3) is 0 Å². The van der Waals surface area contributed by atoms with E-state index in [0.29, 0.717) is 0 Å². The van der Waals surface area contributed by atoms with Crippen LogP contribution in [0.1, 0.15) is 0 Å². The van der Waals surface area contributed by atoms with Gasteiger partial charge in [-0.05, 0) is 0 Å². The summed E-state index contributed by atoms with van der Waals surface area (Å²) in [4.78, 5) is 16.2. The maximum atomic E-state index is 8.12. The van der Waals surface area contributed by atoms with Crippen LogP contribution in [0, 0.1) is 0 Å². The van der Waals surface area contributed by atoms with Crippen LogP contribution in [-0.4, -0.2) is 6.15 Å². The van der Waals surface area contributed by atoms with Gasteiger partial charge in [-0.3, -0.25) is 0 Å². The zero-order valence-electron chi connectivity index (χ0n) is 2.38. The Labute approximate surface area is 39.8 Å². The van der Waals surface area contributed by atoms with E-state index in [2.05, 4.69) is 0 Å². The van der Waals surface area contributed by atoms with Crippen molar-refractivity contribution >= 4 is 6.15 Å². The van der Waals surface area contributed by atoms with E-state index in [-0.39, 0.29) is 29.4 Å². The van der Waals surface area contributed by atoms with Crippen molar-refractivity contribution in [2.24, 2.45) is 0 Å². The van der Waals surface area contributed by atoms with Crippen molar-refractivity contribution in [2.75, 3.05) is 0 Å². The summed E-state index contributed by atoms with van der Waals surface area (Å²) in [6, 6.07) is 0. The van der Waals surface area contributed by atoms with E-state index in [9.17, 15) is 0 Å². The summed E-state index contributed by atoms with van der Waals surface area (Å²) in [5, 5.41) is 0. The van der Waals surface area contributed by atoms with Crippen LogP contribution in [0.15, 0.2) is 0 Å². The predicted octanol–water partition coefficient (Wildman–Crippen LogP) is -0.424. The third-order valence-corrected chi connectivity index (χ3v) is 0. The minimum atomic E-state index is 0. The monoisotopic (exact) mass is 117 g/mol. The number of hydrogen-bond acceptors (Lipinski definition) is 3. The van der Waals surface area contributed by atoms with E-state index >= 15 is 0 Å². The minimum absolute atomic E-state index is 0. The fourth-order valence-electron chi connectivity index (χ4n) is 0. The maximum Gasteiger partial charge on any atom is 0.373 e. The first-order chi connectivity index (χ1) is 1.41. The molecule has 0 unspecified atom stereocenters.